The van der Waals surface area contributed by atoms with Gasteiger partial charge in [-0.25, -0.2) is 8.42 Å². The van der Waals surface area contributed by atoms with E-state index in [0.29, 0.717) is 30.9 Å². The topological polar surface area (TPSA) is 95.6 Å². The first-order valence-corrected chi connectivity index (χ1v) is 9.31. The van der Waals surface area contributed by atoms with Gasteiger partial charge in [-0.15, -0.1) is 0 Å². The smallest absolute Gasteiger partial charge is 0.271 e. The van der Waals surface area contributed by atoms with Gasteiger partial charge in [-0.2, -0.15) is 13.1 Å². The lowest BCUT2D eigenvalue weighted by molar-refractivity contribution is 0.589. The minimum atomic E-state index is -3.57. The second kappa shape index (κ2) is 5.58. The summed E-state index contributed by atoms with van der Waals surface area (Å²) < 4.78 is 52.6. The highest BCUT2D eigenvalue weighted by Crippen LogP contribution is 2.25. The van der Waals surface area contributed by atoms with Gasteiger partial charge in [0, 0.05) is 18.8 Å². The molecule has 0 atom stereocenters. The van der Waals surface area contributed by atoms with Crippen molar-refractivity contribution in [1.82, 2.24) is 4.72 Å². The number of hydrogen-bond donors (Lipinski definition) is 2. The summed E-state index contributed by atoms with van der Waals surface area (Å²) >= 11 is 0. The molecule has 0 amide bonds. The molecule has 1 aromatic rings. The molecule has 1 fully saturated rings. The van der Waals surface area contributed by atoms with Gasteiger partial charge in [-0.05, 0) is 30.7 Å². The highest BCUT2D eigenvalue weighted by Gasteiger charge is 2.28. The molecular formula is C11H17N3O4S2. The molecule has 2 N–H and O–H groups in total. The van der Waals surface area contributed by atoms with Crippen LogP contribution in [0.3, 0.4) is 0 Å². The average molecular weight is 319 g/mol. The summed E-state index contributed by atoms with van der Waals surface area (Å²) in [5.41, 5.74) is 0.931. The van der Waals surface area contributed by atoms with Crippen molar-refractivity contribution in [3.63, 3.8) is 0 Å². The Kier molecular flexibility index (Phi) is 4.21. The maximum atomic E-state index is 11.8. The first kappa shape index (κ1) is 15.1. The second-order valence-electron chi connectivity index (χ2n) is 4.39. The minimum absolute atomic E-state index is 0.155. The zero-order chi connectivity index (χ0) is 14.8. The van der Waals surface area contributed by atoms with E-state index in [4.69, 9.17) is 0 Å². The Morgan fingerprint density at radius 2 is 1.90 bits per heavy atom. The monoisotopic (exact) mass is 319 g/mol. The molecule has 0 unspecified atom stereocenters. The second-order valence-corrected chi connectivity index (χ2v) is 7.90. The minimum Gasteiger partial charge on any atom is -0.271 e. The summed E-state index contributed by atoms with van der Waals surface area (Å²) in [4.78, 5) is 0. The quantitative estimate of drug-likeness (QED) is 0.826. The highest BCUT2D eigenvalue weighted by atomic mass is 32.2. The molecular weight excluding hydrogens is 302 g/mol. The summed E-state index contributed by atoms with van der Waals surface area (Å²) in [5, 5.41) is 0. The van der Waals surface area contributed by atoms with Gasteiger partial charge in [0.25, 0.3) is 10.2 Å². The van der Waals surface area contributed by atoms with E-state index in [-0.39, 0.29) is 5.75 Å². The van der Waals surface area contributed by atoms with Crippen LogP contribution in [-0.2, 0) is 20.2 Å². The standard InChI is InChI=1S/C11H17N3O4S2/c1-2-12-20(17,18)13-10-4-6-11(7-5-10)14-8-3-9-19(14,15)16/h4-7,12-13H,2-3,8-9H2,1H3. The Morgan fingerprint density at radius 3 is 2.40 bits per heavy atom. The highest BCUT2D eigenvalue weighted by molar-refractivity contribution is 7.93. The van der Waals surface area contributed by atoms with E-state index in [9.17, 15) is 16.8 Å². The van der Waals surface area contributed by atoms with Gasteiger partial charge < -0.3 is 0 Å². The number of nitrogens with one attached hydrogen (secondary N) is 2. The third-order valence-electron chi connectivity index (χ3n) is 2.84. The zero-order valence-corrected chi connectivity index (χ0v) is 12.7. The molecule has 2 rings (SSSR count). The van der Waals surface area contributed by atoms with E-state index in [1.165, 1.54) is 16.4 Å². The van der Waals surface area contributed by atoms with E-state index >= 15 is 0 Å². The van der Waals surface area contributed by atoms with Crippen molar-refractivity contribution < 1.29 is 16.8 Å². The van der Waals surface area contributed by atoms with Crippen LogP contribution < -0.4 is 13.7 Å². The molecule has 0 aromatic heterocycles. The molecule has 112 valence electrons. The third kappa shape index (κ3) is 3.41. The predicted molar refractivity (Wildman–Crippen MR) is 78.4 cm³/mol. The summed E-state index contributed by atoms with van der Waals surface area (Å²) in [6.45, 7) is 2.44. The maximum Gasteiger partial charge on any atom is 0.299 e. The number of nitrogens with zero attached hydrogens (tertiary/aromatic N) is 1. The van der Waals surface area contributed by atoms with Crippen LogP contribution in [0.5, 0.6) is 0 Å². The van der Waals surface area contributed by atoms with Gasteiger partial charge in [0.1, 0.15) is 0 Å². The number of benzene rings is 1. The van der Waals surface area contributed by atoms with E-state index in [1.54, 1.807) is 19.1 Å². The molecule has 1 aliphatic rings. The van der Waals surface area contributed by atoms with Crippen LogP contribution >= 0.6 is 0 Å². The SMILES string of the molecule is CCNS(=O)(=O)Nc1ccc(N2CCCS2(=O)=O)cc1. The van der Waals surface area contributed by atoms with Crippen LogP contribution in [0.15, 0.2) is 24.3 Å². The molecule has 1 aliphatic heterocycles. The zero-order valence-electron chi connectivity index (χ0n) is 11.0. The first-order valence-electron chi connectivity index (χ1n) is 6.22. The van der Waals surface area contributed by atoms with E-state index in [1.807, 2.05) is 0 Å². The van der Waals surface area contributed by atoms with E-state index in [0.717, 1.165) is 0 Å². The number of anilines is 2. The molecule has 0 saturated carbocycles. The Morgan fingerprint density at radius 1 is 1.25 bits per heavy atom. The lowest BCUT2D eigenvalue weighted by Crippen LogP contribution is -2.29. The van der Waals surface area contributed by atoms with Crippen LogP contribution in [0.25, 0.3) is 0 Å². The Labute approximate surface area is 119 Å². The van der Waals surface area contributed by atoms with Gasteiger partial charge in [-0.3, -0.25) is 9.03 Å². The summed E-state index contributed by atoms with van der Waals surface area (Å²) in [5.74, 6) is 0.155. The molecule has 1 aromatic carbocycles. The van der Waals surface area contributed by atoms with Crippen molar-refractivity contribution in [3.8, 4) is 0 Å². The molecule has 0 bridgehead atoms. The lowest BCUT2D eigenvalue weighted by Gasteiger charge is -2.17. The molecule has 7 nitrogen and oxygen atoms in total. The molecule has 0 aliphatic carbocycles. The summed E-state index contributed by atoms with van der Waals surface area (Å²) in [6, 6.07) is 6.26. The van der Waals surface area contributed by atoms with Gasteiger partial charge in [-0.1, -0.05) is 6.92 Å². The van der Waals surface area contributed by atoms with Crippen molar-refractivity contribution >= 4 is 31.6 Å². The average Bonchev–Trinajstić information content (AvgIpc) is 2.69. The molecule has 1 heterocycles. The van der Waals surface area contributed by atoms with Gasteiger partial charge in [0.05, 0.1) is 11.4 Å². The fourth-order valence-electron chi connectivity index (χ4n) is 2.01. The van der Waals surface area contributed by atoms with Gasteiger partial charge in [0.2, 0.25) is 10.0 Å². The third-order valence-corrected chi connectivity index (χ3v) is 5.88. The molecule has 0 radical (unpaired) electrons. The van der Waals surface area contributed by atoms with Crippen molar-refractivity contribution in [3.05, 3.63) is 24.3 Å². The summed E-state index contributed by atoms with van der Waals surface area (Å²) in [7, 11) is -6.79. The first-order chi connectivity index (χ1) is 9.34. The molecule has 1 saturated heterocycles. The van der Waals surface area contributed by atoms with Crippen molar-refractivity contribution in [2.45, 2.75) is 13.3 Å². The predicted octanol–water partition coefficient (Wildman–Crippen LogP) is 0.493. The van der Waals surface area contributed by atoms with Crippen LogP contribution in [0.2, 0.25) is 0 Å². The normalized spacial score (nSPS) is 18.1. The largest absolute Gasteiger partial charge is 0.299 e. The summed E-state index contributed by atoms with van der Waals surface area (Å²) in [6.07, 6.45) is 0.608. The van der Waals surface area contributed by atoms with Crippen molar-refractivity contribution in [2.75, 3.05) is 27.9 Å². The molecule has 0 spiro atoms. The van der Waals surface area contributed by atoms with Gasteiger partial charge in [0.15, 0.2) is 0 Å². The van der Waals surface area contributed by atoms with Crippen LogP contribution in [0.1, 0.15) is 13.3 Å². The maximum absolute atomic E-state index is 11.8. The van der Waals surface area contributed by atoms with Crippen LogP contribution in [0.4, 0.5) is 11.4 Å². The van der Waals surface area contributed by atoms with Crippen molar-refractivity contribution in [1.29, 1.82) is 0 Å². The van der Waals surface area contributed by atoms with E-state index in [2.05, 4.69) is 9.44 Å². The van der Waals surface area contributed by atoms with Crippen LogP contribution in [-0.4, -0.2) is 35.7 Å². The Hall–Kier alpha value is -1.32. The Balaban J connectivity index is 2.15. The number of rotatable bonds is 5. The fraction of sp³-hybridized carbons (Fsp3) is 0.455. The Bertz CT molecular complexity index is 668. The van der Waals surface area contributed by atoms with Gasteiger partial charge >= 0.3 is 0 Å². The molecule has 9 heteroatoms. The van der Waals surface area contributed by atoms with Crippen molar-refractivity contribution in [2.24, 2.45) is 0 Å². The fourth-order valence-corrected chi connectivity index (χ4v) is 4.47. The number of sulfonamides is 1. The molecule has 20 heavy (non-hydrogen) atoms. The van der Waals surface area contributed by atoms with E-state index < -0.39 is 20.2 Å². The van der Waals surface area contributed by atoms with Crippen LogP contribution in [0, 0.1) is 0 Å². The number of hydrogen-bond acceptors (Lipinski definition) is 4. The lowest BCUT2D eigenvalue weighted by atomic mass is 10.3.